The highest BCUT2D eigenvalue weighted by molar-refractivity contribution is 7.92. The highest BCUT2D eigenvalue weighted by Gasteiger charge is 2.29. The van der Waals surface area contributed by atoms with Crippen LogP contribution in [0.4, 0.5) is 5.69 Å². The van der Waals surface area contributed by atoms with Crippen molar-refractivity contribution in [2.45, 2.75) is 18.4 Å². The Morgan fingerprint density at radius 2 is 1.55 bits per heavy atom. The van der Waals surface area contributed by atoms with Crippen LogP contribution < -0.4 is 18.5 Å². The fourth-order valence-electron chi connectivity index (χ4n) is 3.09. The van der Waals surface area contributed by atoms with Gasteiger partial charge in [-0.1, -0.05) is 41.9 Å². The lowest BCUT2D eigenvalue weighted by Gasteiger charge is -2.27. The van der Waals surface area contributed by atoms with Gasteiger partial charge in [-0.05, 0) is 36.8 Å². The summed E-state index contributed by atoms with van der Waals surface area (Å²) in [5.74, 6) is 1.26. The van der Waals surface area contributed by atoms with Crippen LogP contribution in [0.5, 0.6) is 17.2 Å². The molecule has 6 nitrogen and oxygen atoms in total. The lowest BCUT2D eigenvalue weighted by molar-refractivity contribution is 0.340. The van der Waals surface area contributed by atoms with E-state index in [9.17, 15) is 8.42 Å². The first-order valence-corrected chi connectivity index (χ1v) is 11.4. The van der Waals surface area contributed by atoms with Crippen LogP contribution >= 0.6 is 11.6 Å². The van der Waals surface area contributed by atoms with E-state index < -0.39 is 10.0 Å². The van der Waals surface area contributed by atoms with Crippen LogP contribution in [0.2, 0.25) is 5.02 Å². The molecule has 0 unspecified atom stereocenters. The minimum Gasteiger partial charge on any atom is -0.495 e. The molecular formula is C23H24ClNO5S. The van der Waals surface area contributed by atoms with Crippen LogP contribution in [0.25, 0.3) is 0 Å². The van der Waals surface area contributed by atoms with Gasteiger partial charge in [0.1, 0.15) is 17.2 Å². The van der Waals surface area contributed by atoms with Gasteiger partial charge in [0.25, 0.3) is 10.0 Å². The molecule has 0 heterocycles. The van der Waals surface area contributed by atoms with Crippen molar-refractivity contribution in [2.75, 3.05) is 25.1 Å². The molecular weight excluding hydrogens is 438 g/mol. The van der Waals surface area contributed by atoms with Gasteiger partial charge in [-0.25, -0.2) is 8.42 Å². The molecule has 0 saturated heterocycles. The van der Waals surface area contributed by atoms with Gasteiger partial charge in [-0.15, -0.1) is 0 Å². The second-order valence-electron chi connectivity index (χ2n) is 6.56. The number of hydrogen-bond acceptors (Lipinski definition) is 5. The van der Waals surface area contributed by atoms with Gasteiger partial charge in [0.05, 0.1) is 43.0 Å². The normalized spacial score (nSPS) is 11.1. The Bertz CT molecular complexity index is 1120. The average Bonchev–Trinajstić information content (AvgIpc) is 2.78. The predicted molar refractivity (Wildman–Crippen MR) is 122 cm³/mol. The van der Waals surface area contributed by atoms with E-state index in [-0.39, 0.29) is 11.4 Å². The third-order valence-electron chi connectivity index (χ3n) is 4.61. The lowest BCUT2D eigenvalue weighted by Crippen LogP contribution is -2.31. The molecule has 3 aromatic rings. The van der Waals surface area contributed by atoms with Crippen LogP contribution in [-0.2, 0) is 16.6 Å². The van der Waals surface area contributed by atoms with Crippen molar-refractivity contribution in [3.05, 3.63) is 77.3 Å². The molecule has 0 fully saturated rings. The molecule has 8 heteroatoms. The quantitative estimate of drug-likeness (QED) is 0.441. The summed E-state index contributed by atoms with van der Waals surface area (Å²) < 4.78 is 44.9. The monoisotopic (exact) mass is 461 g/mol. The summed E-state index contributed by atoms with van der Waals surface area (Å²) in [7, 11) is -1.02. The molecule has 3 aromatic carbocycles. The van der Waals surface area contributed by atoms with E-state index in [2.05, 4.69) is 0 Å². The molecule has 0 amide bonds. The van der Waals surface area contributed by atoms with Crippen molar-refractivity contribution < 1.29 is 22.6 Å². The van der Waals surface area contributed by atoms with Crippen molar-refractivity contribution in [1.82, 2.24) is 0 Å². The topological polar surface area (TPSA) is 65.1 Å². The molecule has 0 saturated carbocycles. The van der Waals surface area contributed by atoms with Crippen molar-refractivity contribution in [3.8, 4) is 17.2 Å². The Balaban J connectivity index is 2.15. The minimum absolute atomic E-state index is 0.0948. The summed E-state index contributed by atoms with van der Waals surface area (Å²) in [5, 5.41) is 0.321. The van der Waals surface area contributed by atoms with Crippen LogP contribution in [-0.4, -0.2) is 29.2 Å². The number of sulfonamides is 1. The largest absolute Gasteiger partial charge is 0.495 e. The lowest BCUT2D eigenvalue weighted by atomic mass is 10.2. The van der Waals surface area contributed by atoms with Crippen molar-refractivity contribution >= 4 is 27.3 Å². The molecule has 164 valence electrons. The summed E-state index contributed by atoms with van der Waals surface area (Å²) in [4.78, 5) is 0.128. The fraction of sp³-hybridized carbons (Fsp3) is 0.217. The van der Waals surface area contributed by atoms with Gasteiger partial charge < -0.3 is 14.2 Å². The molecule has 0 aliphatic heterocycles. The minimum atomic E-state index is -3.96. The molecule has 0 N–H and O–H groups in total. The molecule has 0 aliphatic rings. The number of hydrogen-bond donors (Lipinski definition) is 0. The van der Waals surface area contributed by atoms with Gasteiger partial charge in [-0.3, -0.25) is 4.31 Å². The molecule has 0 aliphatic carbocycles. The Hall–Kier alpha value is -2.90. The number of rotatable bonds is 9. The van der Waals surface area contributed by atoms with Gasteiger partial charge in [-0.2, -0.15) is 0 Å². The zero-order chi connectivity index (χ0) is 22.4. The summed E-state index contributed by atoms with van der Waals surface area (Å²) >= 11 is 6.24. The standard InChI is InChI=1S/C23H24ClNO5S/c1-4-30-18-10-12-19(13-11-18)31(26,27)25(16-17-8-6-5-7-9-17)21-15-22(28-2)20(24)14-23(21)29-3/h5-15H,4,16H2,1-3H3. The van der Waals surface area contributed by atoms with E-state index >= 15 is 0 Å². The van der Waals surface area contributed by atoms with Gasteiger partial charge in [0.15, 0.2) is 0 Å². The number of nitrogens with zero attached hydrogens (tertiary/aromatic N) is 1. The summed E-state index contributed by atoms with van der Waals surface area (Å²) in [5.41, 5.74) is 1.13. The van der Waals surface area contributed by atoms with Crippen molar-refractivity contribution in [1.29, 1.82) is 0 Å². The number of methoxy groups -OCH3 is 2. The number of ether oxygens (including phenoxy) is 3. The highest BCUT2D eigenvalue weighted by Crippen LogP contribution is 2.41. The smallest absolute Gasteiger partial charge is 0.264 e. The first kappa shape index (κ1) is 22.8. The maximum Gasteiger partial charge on any atom is 0.264 e. The predicted octanol–water partition coefficient (Wildman–Crippen LogP) is 5.15. The van der Waals surface area contributed by atoms with E-state index in [4.69, 9.17) is 25.8 Å². The van der Waals surface area contributed by atoms with E-state index in [1.165, 1.54) is 30.7 Å². The molecule has 0 atom stereocenters. The Kier molecular flexibility index (Phi) is 7.30. The first-order valence-electron chi connectivity index (χ1n) is 9.61. The van der Waals surface area contributed by atoms with E-state index in [0.29, 0.717) is 34.6 Å². The number of anilines is 1. The molecule has 0 bridgehead atoms. The van der Waals surface area contributed by atoms with Crippen LogP contribution in [0.1, 0.15) is 12.5 Å². The molecule has 31 heavy (non-hydrogen) atoms. The second-order valence-corrected chi connectivity index (χ2v) is 8.83. The Morgan fingerprint density at radius 3 is 2.13 bits per heavy atom. The second kappa shape index (κ2) is 9.94. The maximum atomic E-state index is 13.7. The van der Waals surface area contributed by atoms with E-state index in [1.807, 2.05) is 37.3 Å². The molecule has 0 aromatic heterocycles. The summed E-state index contributed by atoms with van der Waals surface area (Å²) in [6.07, 6.45) is 0. The van der Waals surface area contributed by atoms with Crippen LogP contribution in [0.3, 0.4) is 0 Å². The SMILES string of the molecule is CCOc1ccc(S(=O)(=O)N(Cc2ccccc2)c2cc(OC)c(Cl)cc2OC)cc1. The summed E-state index contributed by atoms with van der Waals surface area (Å²) in [6, 6.07) is 18.7. The third-order valence-corrected chi connectivity index (χ3v) is 6.68. The fourth-order valence-corrected chi connectivity index (χ4v) is 4.78. The number of halogens is 1. The zero-order valence-electron chi connectivity index (χ0n) is 17.5. The molecule has 0 spiro atoms. The number of benzene rings is 3. The van der Waals surface area contributed by atoms with Crippen molar-refractivity contribution in [2.24, 2.45) is 0 Å². The average molecular weight is 462 g/mol. The molecule has 0 radical (unpaired) electrons. The maximum absolute atomic E-state index is 13.7. The first-order chi connectivity index (χ1) is 14.9. The van der Waals surface area contributed by atoms with Crippen LogP contribution in [0, 0.1) is 0 Å². The van der Waals surface area contributed by atoms with Crippen molar-refractivity contribution in [3.63, 3.8) is 0 Å². The Morgan fingerprint density at radius 1 is 0.903 bits per heavy atom. The third kappa shape index (κ3) is 5.06. The van der Waals surface area contributed by atoms with Gasteiger partial charge in [0.2, 0.25) is 0 Å². The van der Waals surface area contributed by atoms with Gasteiger partial charge >= 0.3 is 0 Å². The zero-order valence-corrected chi connectivity index (χ0v) is 19.1. The van der Waals surface area contributed by atoms with Crippen LogP contribution in [0.15, 0.2) is 71.6 Å². The highest BCUT2D eigenvalue weighted by atomic mass is 35.5. The Labute approximate surface area is 188 Å². The summed E-state index contributed by atoms with van der Waals surface area (Å²) in [6.45, 7) is 2.46. The van der Waals surface area contributed by atoms with E-state index in [1.54, 1.807) is 24.3 Å². The molecule has 3 rings (SSSR count). The van der Waals surface area contributed by atoms with E-state index in [0.717, 1.165) is 5.56 Å². The van der Waals surface area contributed by atoms with Gasteiger partial charge in [0, 0.05) is 12.1 Å².